The summed E-state index contributed by atoms with van der Waals surface area (Å²) in [4.78, 5) is 2.29. The number of anilines is 2. The molecule has 2 aromatic rings. The zero-order chi connectivity index (χ0) is 13.0. The van der Waals surface area contributed by atoms with Crippen LogP contribution >= 0.6 is 0 Å². The van der Waals surface area contributed by atoms with E-state index in [2.05, 4.69) is 78.8 Å². The fraction of sp³-hybridized carbons (Fsp3) is 0.250. The van der Waals surface area contributed by atoms with Gasteiger partial charge in [0.1, 0.15) is 0 Å². The van der Waals surface area contributed by atoms with Crippen LogP contribution in [0.2, 0.25) is 0 Å². The first kappa shape index (κ1) is 12.5. The highest BCUT2D eigenvalue weighted by Gasteiger charge is 2.11. The first-order valence-electron chi connectivity index (χ1n) is 6.28. The van der Waals surface area contributed by atoms with Crippen molar-refractivity contribution in [2.75, 3.05) is 24.3 Å². The zero-order valence-corrected chi connectivity index (χ0v) is 11.2. The van der Waals surface area contributed by atoms with Crippen LogP contribution in [-0.4, -0.2) is 14.1 Å². The lowest BCUT2D eigenvalue weighted by Gasteiger charge is -2.27. The Hall–Kier alpha value is -1.96. The average Bonchev–Trinajstić information content (AvgIpc) is 2.47. The Balaban J connectivity index is 2.17. The molecule has 2 aromatic carbocycles. The van der Waals surface area contributed by atoms with Gasteiger partial charge in [0.25, 0.3) is 0 Å². The highest BCUT2D eigenvalue weighted by atomic mass is 15.1. The maximum Gasteiger partial charge on any atom is 0.0510 e. The molecule has 2 rings (SSSR count). The Morgan fingerprint density at radius 2 is 1.56 bits per heavy atom. The lowest BCUT2D eigenvalue weighted by molar-refractivity contribution is 0.740. The van der Waals surface area contributed by atoms with E-state index in [9.17, 15) is 0 Å². The van der Waals surface area contributed by atoms with Crippen molar-refractivity contribution in [3.63, 3.8) is 0 Å². The van der Waals surface area contributed by atoms with Gasteiger partial charge >= 0.3 is 0 Å². The molecule has 0 spiro atoms. The number of rotatable bonds is 4. The second kappa shape index (κ2) is 5.58. The number of benzene rings is 2. The number of nitrogens with zero attached hydrogens (tertiary/aromatic N) is 1. The van der Waals surface area contributed by atoms with Gasteiger partial charge < -0.3 is 10.2 Å². The van der Waals surface area contributed by atoms with E-state index < -0.39 is 0 Å². The summed E-state index contributed by atoms with van der Waals surface area (Å²) in [5.41, 5.74) is 3.70. The van der Waals surface area contributed by atoms with E-state index in [0.717, 1.165) is 5.69 Å². The van der Waals surface area contributed by atoms with Crippen LogP contribution in [0, 0.1) is 0 Å². The Kier molecular flexibility index (Phi) is 3.88. The second-order valence-corrected chi connectivity index (χ2v) is 4.49. The molecule has 2 heteroatoms. The van der Waals surface area contributed by atoms with Crippen LogP contribution in [0.5, 0.6) is 0 Å². The maximum atomic E-state index is 3.14. The molecule has 0 fully saturated rings. The summed E-state index contributed by atoms with van der Waals surface area (Å²) >= 11 is 0. The van der Waals surface area contributed by atoms with Crippen LogP contribution in [0.1, 0.15) is 18.5 Å². The van der Waals surface area contributed by atoms with Gasteiger partial charge in [-0.3, -0.25) is 0 Å². The van der Waals surface area contributed by atoms with Gasteiger partial charge in [0.2, 0.25) is 0 Å². The van der Waals surface area contributed by atoms with Crippen LogP contribution in [0.25, 0.3) is 0 Å². The number of nitrogens with one attached hydrogen (secondary N) is 1. The van der Waals surface area contributed by atoms with Gasteiger partial charge in [-0.25, -0.2) is 0 Å². The van der Waals surface area contributed by atoms with Gasteiger partial charge in [0.15, 0.2) is 0 Å². The maximum absolute atomic E-state index is 3.14. The minimum Gasteiger partial charge on any atom is -0.388 e. The second-order valence-electron chi connectivity index (χ2n) is 4.49. The predicted molar refractivity (Wildman–Crippen MR) is 79.2 cm³/mol. The fourth-order valence-electron chi connectivity index (χ4n) is 2.04. The molecule has 18 heavy (non-hydrogen) atoms. The molecular formula is C16H20N2. The van der Waals surface area contributed by atoms with Crippen molar-refractivity contribution in [2.24, 2.45) is 0 Å². The molecule has 0 radical (unpaired) electrons. The summed E-state index contributed by atoms with van der Waals surface area (Å²) in [6.07, 6.45) is 0. The van der Waals surface area contributed by atoms with Crippen LogP contribution in [0.3, 0.4) is 0 Å². The van der Waals surface area contributed by atoms with Crippen molar-refractivity contribution in [3.8, 4) is 0 Å². The molecule has 0 aromatic heterocycles. The minimum absolute atomic E-state index is 0.367. The molecule has 0 aliphatic rings. The van der Waals surface area contributed by atoms with Gasteiger partial charge in [-0.2, -0.15) is 0 Å². The summed E-state index contributed by atoms with van der Waals surface area (Å²) in [5, 5.41) is 3.14. The monoisotopic (exact) mass is 240 g/mol. The smallest absolute Gasteiger partial charge is 0.0510 e. The average molecular weight is 240 g/mol. The van der Waals surface area contributed by atoms with E-state index in [1.807, 2.05) is 7.05 Å². The molecule has 0 heterocycles. The van der Waals surface area contributed by atoms with E-state index >= 15 is 0 Å². The first-order chi connectivity index (χ1) is 8.72. The Morgan fingerprint density at radius 3 is 2.11 bits per heavy atom. The summed E-state index contributed by atoms with van der Waals surface area (Å²) in [7, 11) is 4.07. The third-order valence-corrected chi connectivity index (χ3v) is 3.43. The van der Waals surface area contributed by atoms with Gasteiger partial charge in [-0.15, -0.1) is 0 Å². The van der Waals surface area contributed by atoms with Crippen LogP contribution in [0.4, 0.5) is 11.4 Å². The summed E-state index contributed by atoms with van der Waals surface area (Å²) in [6.45, 7) is 2.22. The van der Waals surface area contributed by atoms with Crippen LogP contribution in [-0.2, 0) is 0 Å². The van der Waals surface area contributed by atoms with E-state index in [0.29, 0.717) is 6.04 Å². The van der Waals surface area contributed by atoms with Gasteiger partial charge in [-0.1, -0.05) is 30.3 Å². The summed E-state index contributed by atoms with van der Waals surface area (Å²) in [5.74, 6) is 0. The lowest BCUT2D eigenvalue weighted by Crippen LogP contribution is -2.21. The Labute approximate surface area is 109 Å². The molecule has 0 amide bonds. The largest absolute Gasteiger partial charge is 0.388 e. The normalized spacial score (nSPS) is 11.9. The van der Waals surface area contributed by atoms with E-state index in [1.54, 1.807) is 0 Å². The highest BCUT2D eigenvalue weighted by molar-refractivity contribution is 5.55. The standard InChI is InChI=1S/C16H20N2/c1-13(14-7-5-4-6-8-14)18(3)16-11-9-15(17-2)10-12-16/h4-13,17H,1-3H3. The first-order valence-corrected chi connectivity index (χ1v) is 6.28. The molecule has 1 atom stereocenters. The number of hydrogen-bond donors (Lipinski definition) is 1. The minimum atomic E-state index is 0.367. The SMILES string of the molecule is CNc1ccc(N(C)C(C)c2ccccc2)cc1. The molecule has 94 valence electrons. The van der Waals surface area contributed by atoms with Crippen molar-refractivity contribution in [2.45, 2.75) is 13.0 Å². The van der Waals surface area contributed by atoms with E-state index in [4.69, 9.17) is 0 Å². The topological polar surface area (TPSA) is 15.3 Å². The van der Waals surface area contributed by atoms with Crippen molar-refractivity contribution >= 4 is 11.4 Å². The molecule has 0 saturated carbocycles. The predicted octanol–water partition coefficient (Wildman–Crippen LogP) is 3.93. The lowest BCUT2D eigenvalue weighted by atomic mass is 10.1. The molecule has 0 bridgehead atoms. The molecule has 0 aliphatic heterocycles. The summed E-state index contributed by atoms with van der Waals surface area (Å²) < 4.78 is 0. The van der Waals surface area contributed by atoms with Gasteiger partial charge in [-0.05, 0) is 36.8 Å². The third-order valence-electron chi connectivity index (χ3n) is 3.43. The van der Waals surface area contributed by atoms with Crippen LogP contribution in [0.15, 0.2) is 54.6 Å². The zero-order valence-electron chi connectivity index (χ0n) is 11.2. The van der Waals surface area contributed by atoms with E-state index in [1.165, 1.54) is 11.3 Å². The van der Waals surface area contributed by atoms with Crippen LogP contribution < -0.4 is 10.2 Å². The molecule has 0 aliphatic carbocycles. The Bertz CT molecular complexity index is 476. The molecule has 0 saturated heterocycles. The van der Waals surface area contributed by atoms with Crippen molar-refractivity contribution in [1.82, 2.24) is 0 Å². The molecule has 1 unspecified atom stereocenters. The molecular weight excluding hydrogens is 220 g/mol. The highest BCUT2D eigenvalue weighted by Crippen LogP contribution is 2.25. The summed E-state index contributed by atoms with van der Waals surface area (Å²) in [6, 6.07) is 19.4. The van der Waals surface area contributed by atoms with Crippen molar-refractivity contribution in [3.05, 3.63) is 60.2 Å². The fourth-order valence-corrected chi connectivity index (χ4v) is 2.04. The molecule has 2 nitrogen and oxygen atoms in total. The van der Waals surface area contributed by atoms with Gasteiger partial charge in [0.05, 0.1) is 6.04 Å². The van der Waals surface area contributed by atoms with Crippen molar-refractivity contribution in [1.29, 1.82) is 0 Å². The van der Waals surface area contributed by atoms with Gasteiger partial charge in [0, 0.05) is 25.5 Å². The third kappa shape index (κ3) is 2.65. The quantitative estimate of drug-likeness (QED) is 0.871. The molecule has 1 N–H and O–H groups in total. The Morgan fingerprint density at radius 1 is 0.944 bits per heavy atom. The number of hydrogen-bond acceptors (Lipinski definition) is 2. The van der Waals surface area contributed by atoms with E-state index in [-0.39, 0.29) is 0 Å². The van der Waals surface area contributed by atoms with Crippen molar-refractivity contribution < 1.29 is 0 Å².